The first kappa shape index (κ1) is 19.4. The van der Waals surface area contributed by atoms with Gasteiger partial charge in [-0.1, -0.05) is 30.3 Å². The third kappa shape index (κ3) is 4.11. The number of H-pyrrole nitrogens is 1. The summed E-state index contributed by atoms with van der Waals surface area (Å²) in [5.41, 5.74) is 1.39. The van der Waals surface area contributed by atoms with Gasteiger partial charge in [-0.2, -0.15) is 0 Å². The van der Waals surface area contributed by atoms with E-state index < -0.39 is 17.3 Å². The average Bonchev–Trinajstić information content (AvgIpc) is 2.59. The molecular formula is C22H22N2O4. The number of aromatic nitrogens is 1. The number of amides is 1. The number of benzene rings is 2. The number of hydrogen-bond acceptors (Lipinski definition) is 4. The number of rotatable bonds is 3. The number of fused-ring (bicyclic) bond motifs is 1. The van der Waals surface area contributed by atoms with Gasteiger partial charge in [0.15, 0.2) is 5.78 Å². The van der Waals surface area contributed by atoms with Gasteiger partial charge in [-0.3, -0.25) is 14.9 Å². The molecule has 6 heteroatoms. The lowest BCUT2D eigenvalue weighted by Crippen LogP contribution is -2.27. The Balaban J connectivity index is 2.19. The molecule has 3 aromatic rings. The topological polar surface area (TPSA) is 88.3 Å². The molecule has 1 heterocycles. The molecule has 0 spiro atoms. The van der Waals surface area contributed by atoms with E-state index in [9.17, 15) is 14.4 Å². The highest BCUT2D eigenvalue weighted by Gasteiger charge is 2.19. The van der Waals surface area contributed by atoms with E-state index in [0.29, 0.717) is 22.2 Å². The number of anilines is 1. The number of ether oxygens (including phenoxy) is 1. The van der Waals surface area contributed by atoms with Gasteiger partial charge in [0.1, 0.15) is 5.60 Å². The molecule has 0 saturated heterocycles. The summed E-state index contributed by atoms with van der Waals surface area (Å²) in [7, 11) is 0. The van der Waals surface area contributed by atoms with Crippen LogP contribution in [0.15, 0.2) is 53.3 Å². The zero-order valence-corrected chi connectivity index (χ0v) is 16.3. The van der Waals surface area contributed by atoms with Crippen LogP contribution >= 0.6 is 0 Å². The molecule has 144 valence electrons. The quantitative estimate of drug-likeness (QED) is 0.644. The molecule has 0 atom stereocenters. The number of aromatic amines is 1. The van der Waals surface area contributed by atoms with Crippen molar-refractivity contribution in [3.63, 3.8) is 0 Å². The van der Waals surface area contributed by atoms with Crippen LogP contribution < -0.4 is 10.9 Å². The molecule has 0 saturated carbocycles. The van der Waals surface area contributed by atoms with Crippen molar-refractivity contribution in [1.82, 2.24) is 4.98 Å². The zero-order valence-electron chi connectivity index (χ0n) is 16.3. The molecule has 0 fully saturated rings. The van der Waals surface area contributed by atoms with Crippen LogP contribution in [-0.2, 0) is 4.74 Å². The molecule has 3 rings (SSSR count). The number of Topliss-reactive ketones (excluding diaryl/α,β-unsaturated/α-hetero) is 1. The maximum absolute atomic E-state index is 12.5. The lowest BCUT2D eigenvalue weighted by atomic mass is 9.94. The van der Waals surface area contributed by atoms with E-state index in [4.69, 9.17) is 4.74 Å². The zero-order chi connectivity index (χ0) is 20.5. The molecule has 0 bridgehead atoms. The van der Waals surface area contributed by atoms with Crippen molar-refractivity contribution in [2.45, 2.75) is 33.3 Å². The van der Waals surface area contributed by atoms with Gasteiger partial charge < -0.3 is 9.72 Å². The molecule has 28 heavy (non-hydrogen) atoms. The van der Waals surface area contributed by atoms with E-state index in [-0.39, 0.29) is 11.3 Å². The van der Waals surface area contributed by atoms with Crippen molar-refractivity contribution < 1.29 is 14.3 Å². The van der Waals surface area contributed by atoms with E-state index in [1.807, 2.05) is 30.3 Å². The lowest BCUT2D eigenvalue weighted by Gasteiger charge is -2.20. The first-order chi connectivity index (χ1) is 13.2. The predicted octanol–water partition coefficient (Wildman–Crippen LogP) is 4.74. The van der Waals surface area contributed by atoms with E-state index in [2.05, 4.69) is 10.3 Å². The largest absolute Gasteiger partial charge is 0.444 e. The molecule has 2 aromatic carbocycles. The van der Waals surface area contributed by atoms with Crippen molar-refractivity contribution in [3.8, 4) is 11.1 Å². The number of nitrogens with one attached hydrogen (secondary N) is 2. The maximum Gasteiger partial charge on any atom is 0.412 e. The van der Waals surface area contributed by atoms with Crippen LogP contribution in [0.4, 0.5) is 10.5 Å². The number of hydrogen-bond donors (Lipinski definition) is 2. The van der Waals surface area contributed by atoms with Gasteiger partial charge in [-0.25, -0.2) is 4.79 Å². The fourth-order valence-corrected chi connectivity index (χ4v) is 3.03. The van der Waals surface area contributed by atoms with Gasteiger partial charge in [-0.05, 0) is 51.5 Å². The average molecular weight is 378 g/mol. The summed E-state index contributed by atoms with van der Waals surface area (Å²) in [5.74, 6) is -0.326. The Hall–Kier alpha value is -3.41. The summed E-state index contributed by atoms with van der Waals surface area (Å²) in [5, 5.41) is 3.35. The van der Waals surface area contributed by atoms with Crippen LogP contribution in [0.5, 0.6) is 0 Å². The predicted molar refractivity (Wildman–Crippen MR) is 110 cm³/mol. The van der Waals surface area contributed by atoms with Crippen molar-refractivity contribution in [2.24, 2.45) is 0 Å². The minimum Gasteiger partial charge on any atom is -0.444 e. The SMILES string of the molecule is CC(=O)c1c(-c2ccccc2)c2cc(NC(=O)OC(C)(C)C)ccc2[nH]c1=O. The molecule has 0 aliphatic heterocycles. The highest BCUT2D eigenvalue weighted by molar-refractivity contribution is 6.09. The first-order valence-electron chi connectivity index (χ1n) is 8.92. The molecular weight excluding hydrogens is 356 g/mol. The normalized spacial score (nSPS) is 11.3. The van der Waals surface area contributed by atoms with Crippen LogP contribution in [0.25, 0.3) is 22.0 Å². The second-order valence-electron chi connectivity index (χ2n) is 7.51. The summed E-state index contributed by atoms with van der Waals surface area (Å²) in [4.78, 5) is 39.6. The summed E-state index contributed by atoms with van der Waals surface area (Å²) >= 11 is 0. The van der Waals surface area contributed by atoms with Crippen molar-refractivity contribution in [2.75, 3.05) is 5.32 Å². The van der Waals surface area contributed by atoms with Crippen LogP contribution in [0.2, 0.25) is 0 Å². The molecule has 2 N–H and O–H groups in total. The summed E-state index contributed by atoms with van der Waals surface area (Å²) < 4.78 is 5.29. The monoisotopic (exact) mass is 378 g/mol. The second-order valence-corrected chi connectivity index (χ2v) is 7.51. The molecule has 0 aliphatic rings. The highest BCUT2D eigenvalue weighted by atomic mass is 16.6. The molecule has 1 aromatic heterocycles. The number of pyridine rings is 1. The summed E-state index contributed by atoms with van der Waals surface area (Å²) in [6, 6.07) is 14.3. The van der Waals surface area contributed by atoms with E-state index in [0.717, 1.165) is 5.56 Å². The Morgan fingerprint density at radius 3 is 2.32 bits per heavy atom. The Kier molecular flexibility index (Phi) is 5.05. The molecule has 1 amide bonds. The minimum atomic E-state index is -0.622. The minimum absolute atomic E-state index is 0.0909. The fourth-order valence-electron chi connectivity index (χ4n) is 3.03. The number of carbonyl (C=O) groups excluding carboxylic acids is 2. The number of carbonyl (C=O) groups is 2. The molecule has 0 aliphatic carbocycles. The van der Waals surface area contributed by atoms with E-state index >= 15 is 0 Å². The van der Waals surface area contributed by atoms with Crippen molar-refractivity contribution in [3.05, 3.63) is 64.4 Å². The van der Waals surface area contributed by atoms with Crippen molar-refractivity contribution in [1.29, 1.82) is 0 Å². The van der Waals surface area contributed by atoms with Gasteiger partial charge in [0.2, 0.25) is 0 Å². The molecule has 0 unspecified atom stereocenters. The molecule has 0 radical (unpaired) electrons. The van der Waals surface area contributed by atoms with E-state index in [1.54, 1.807) is 39.0 Å². The van der Waals surface area contributed by atoms with Crippen LogP contribution in [-0.4, -0.2) is 22.5 Å². The Morgan fingerprint density at radius 2 is 1.71 bits per heavy atom. The summed E-state index contributed by atoms with van der Waals surface area (Å²) in [6.07, 6.45) is -0.579. The highest BCUT2D eigenvalue weighted by Crippen LogP contribution is 2.31. The molecule has 6 nitrogen and oxygen atoms in total. The Morgan fingerprint density at radius 1 is 1.04 bits per heavy atom. The Bertz CT molecular complexity index is 1110. The second kappa shape index (κ2) is 7.31. The van der Waals surface area contributed by atoms with Crippen LogP contribution in [0.3, 0.4) is 0 Å². The third-order valence-electron chi connectivity index (χ3n) is 4.07. The van der Waals surface area contributed by atoms with E-state index in [1.165, 1.54) is 6.92 Å². The number of ketones is 1. The van der Waals surface area contributed by atoms with Crippen molar-refractivity contribution >= 4 is 28.5 Å². The maximum atomic E-state index is 12.5. The summed E-state index contributed by atoms with van der Waals surface area (Å²) in [6.45, 7) is 6.71. The van der Waals surface area contributed by atoms with Gasteiger partial charge in [0.05, 0.1) is 5.56 Å². The standard InChI is InChI=1S/C22H22N2O4/c1-13(25)18-19(14-8-6-5-7-9-14)16-12-15(10-11-17(16)24-20(18)26)23-21(27)28-22(2,3)4/h5-12H,1-4H3,(H,23,27)(H,24,26). The first-order valence-corrected chi connectivity index (χ1v) is 8.92. The van der Waals surface area contributed by atoms with Crippen LogP contribution in [0, 0.1) is 0 Å². The smallest absolute Gasteiger partial charge is 0.412 e. The van der Waals surface area contributed by atoms with Gasteiger partial charge in [-0.15, -0.1) is 0 Å². The third-order valence-corrected chi connectivity index (χ3v) is 4.07. The van der Waals surface area contributed by atoms with Gasteiger partial charge in [0, 0.05) is 22.2 Å². The van der Waals surface area contributed by atoms with Gasteiger partial charge in [0.25, 0.3) is 5.56 Å². The Labute approximate surface area is 162 Å². The van der Waals surface area contributed by atoms with Gasteiger partial charge >= 0.3 is 6.09 Å². The fraction of sp³-hybridized carbons (Fsp3) is 0.227. The van der Waals surface area contributed by atoms with Crippen LogP contribution in [0.1, 0.15) is 38.1 Å². The lowest BCUT2D eigenvalue weighted by molar-refractivity contribution is 0.0635.